The number of benzene rings is 1. The standard InChI is InChI=1S/C28H43N7O4/c1-19(2)35-25-8-6-5-7-24(25)26(30-35)39-27(37)29-20-15-21-9-10-22(16-20)34(21)18-23(36)17-32-11-13-33(14-12-32)28(38)31(3)4/h5-8,19-23,36H,9-18H2,1-4H3,(H,29,37)/t20?,21-,22+,23?. The zero-order chi connectivity index (χ0) is 27.7. The normalized spacial score (nSPS) is 24.8. The Balaban J connectivity index is 1.10. The highest BCUT2D eigenvalue weighted by molar-refractivity contribution is 5.87. The second-order valence-corrected chi connectivity index (χ2v) is 11.8. The Kier molecular flexibility index (Phi) is 8.29. The van der Waals surface area contributed by atoms with Gasteiger partial charge in [0.2, 0.25) is 0 Å². The van der Waals surface area contributed by atoms with E-state index in [1.807, 2.05) is 33.8 Å². The van der Waals surface area contributed by atoms with E-state index in [1.165, 1.54) is 0 Å². The van der Waals surface area contributed by atoms with Gasteiger partial charge in [-0.25, -0.2) is 9.59 Å². The lowest BCUT2D eigenvalue weighted by Gasteiger charge is -2.41. The van der Waals surface area contributed by atoms with Gasteiger partial charge in [-0.05, 0) is 51.7 Å². The Morgan fingerprint density at radius 1 is 1.08 bits per heavy atom. The Morgan fingerprint density at radius 2 is 1.74 bits per heavy atom. The molecule has 4 heterocycles. The van der Waals surface area contributed by atoms with Gasteiger partial charge in [0.15, 0.2) is 0 Å². The minimum Gasteiger partial charge on any atom is -0.390 e. The summed E-state index contributed by atoms with van der Waals surface area (Å²) in [6, 6.07) is 8.74. The van der Waals surface area contributed by atoms with E-state index in [0.717, 1.165) is 49.7 Å². The summed E-state index contributed by atoms with van der Waals surface area (Å²) >= 11 is 0. The van der Waals surface area contributed by atoms with Gasteiger partial charge in [0, 0.05) is 77.5 Å². The SMILES string of the molecule is CC(C)n1nc(OC(=O)NC2C[C@H]3CC[C@@H](C2)N3CC(O)CN2CCN(C(=O)N(C)C)CC2)c2ccccc21. The van der Waals surface area contributed by atoms with Crippen LogP contribution in [0.1, 0.15) is 45.6 Å². The first-order valence-corrected chi connectivity index (χ1v) is 14.3. The molecule has 1 aromatic heterocycles. The number of aliphatic hydroxyl groups excluding tert-OH is 1. The highest BCUT2D eigenvalue weighted by atomic mass is 16.6. The summed E-state index contributed by atoms with van der Waals surface area (Å²) in [5.74, 6) is 0.340. The van der Waals surface area contributed by atoms with Crippen molar-refractivity contribution in [2.75, 3.05) is 53.4 Å². The smallest absolute Gasteiger partial charge is 0.390 e. The Morgan fingerprint density at radius 3 is 2.38 bits per heavy atom. The number of para-hydroxylation sites is 1. The third-order valence-corrected chi connectivity index (χ3v) is 8.38. The van der Waals surface area contributed by atoms with E-state index in [9.17, 15) is 14.7 Å². The van der Waals surface area contributed by atoms with Crippen LogP contribution in [0.3, 0.4) is 0 Å². The fourth-order valence-corrected chi connectivity index (χ4v) is 6.51. The monoisotopic (exact) mass is 541 g/mol. The van der Waals surface area contributed by atoms with Crippen LogP contribution in [0.4, 0.5) is 9.59 Å². The molecule has 3 aliphatic heterocycles. The number of piperidine rings is 1. The zero-order valence-corrected chi connectivity index (χ0v) is 23.6. The number of aliphatic hydroxyl groups is 1. The molecule has 4 atom stereocenters. The Bertz CT molecular complexity index is 1150. The van der Waals surface area contributed by atoms with Crippen LogP contribution in [0.15, 0.2) is 24.3 Å². The number of urea groups is 1. The molecule has 0 spiro atoms. The van der Waals surface area contributed by atoms with Crippen LogP contribution in [0.5, 0.6) is 5.88 Å². The number of carbonyl (C=O) groups is 2. The Labute approximate surface area is 230 Å². The molecule has 214 valence electrons. The van der Waals surface area contributed by atoms with Crippen molar-refractivity contribution >= 4 is 23.0 Å². The number of hydrogen-bond acceptors (Lipinski definition) is 7. The molecule has 3 amide bonds. The summed E-state index contributed by atoms with van der Waals surface area (Å²) in [6.45, 7) is 8.31. The van der Waals surface area contributed by atoms with Gasteiger partial charge in [0.1, 0.15) is 0 Å². The predicted octanol–water partition coefficient (Wildman–Crippen LogP) is 2.36. The van der Waals surface area contributed by atoms with Gasteiger partial charge in [-0.2, -0.15) is 0 Å². The van der Waals surface area contributed by atoms with Crippen LogP contribution in [0, 0.1) is 0 Å². The first-order chi connectivity index (χ1) is 18.7. The van der Waals surface area contributed by atoms with Gasteiger partial charge in [0.25, 0.3) is 5.88 Å². The van der Waals surface area contributed by atoms with Gasteiger partial charge in [-0.3, -0.25) is 14.5 Å². The number of fused-ring (bicyclic) bond motifs is 3. The summed E-state index contributed by atoms with van der Waals surface area (Å²) in [5.41, 5.74) is 0.948. The topological polar surface area (TPSA) is 106 Å². The van der Waals surface area contributed by atoms with Crippen molar-refractivity contribution in [3.63, 3.8) is 0 Å². The molecule has 0 aliphatic carbocycles. The largest absolute Gasteiger partial charge is 0.414 e. The van der Waals surface area contributed by atoms with E-state index in [1.54, 1.807) is 19.0 Å². The lowest BCUT2D eigenvalue weighted by Crippen LogP contribution is -2.55. The molecule has 2 unspecified atom stereocenters. The van der Waals surface area contributed by atoms with E-state index < -0.39 is 12.2 Å². The lowest BCUT2D eigenvalue weighted by atomic mass is 9.97. The van der Waals surface area contributed by atoms with E-state index in [-0.39, 0.29) is 18.1 Å². The molecular formula is C28H43N7O4. The highest BCUT2D eigenvalue weighted by Gasteiger charge is 2.42. The zero-order valence-electron chi connectivity index (χ0n) is 23.6. The molecule has 5 rings (SSSR count). The Hall–Kier alpha value is -2.89. The van der Waals surface area contributed by atoms with E-state index in [4.69, 9.17) is 4.74 Å². The molecule has 3 aliphatic rings. The average Bonchev–Trinajstić information content (AvgIpc) is 3.37. The molecule has 11 nitrogen and oxygen atoms in total. The number of piperazine rings is 1. The minimum absolute atomic E-state index is 0.0455. The lowest BCUT2D eigenvalue weighted by molar-refractivity contribution is 0.0249. The summed E-state index contributed by atoms with van der Waals surface area (Å²) < 4.78 is 7.58. The maximum Gasteiger partial charge on any atom is 0.414 e. The molecule has 39 heavy (non-hydrogen) atoms. The summed E-state index contributed by atoms with van der Waals surface area (Å²) in [7, 11) is 3.55. The molecule has 2 bridgehead atoms. The fourth-order valence-electron chi connectivity index (χ4n) is 6.51. The van der Waals surface area contributed by atoms with Crippen molar-refractivity contribution < 1.29 is 19.4 Å². The highest BCUT2D eigenvalue weighted by Crippen LogP contribution is 2.36. The molecule has 0 saturated carbocycles. The summed E-state index contributed by atoms with van der Waals surface area (Å²) in [4.78, 5) is 33.2. The van der Waals surface area contributed by atoms with Crippen LogP contribution in [0.25, 0.3) is 10.9 Å². The maximum absolute atomic E-state index is 12.9. The number of hydrogen-bond donors (Lipinski definition) is 2. The van der Waals surface area contributed by atoms with Gasteiger partial charge in [-0.1, -0.05) is 12.1 Å². The van der Waals surface area contributed by atoms with E-state index >= 15 is 0 Å². The number of amides is 3. The number of carbonyl (C=O) groups excluding carboxylic acids is 2. The molecule has 0 radical (unpaired) electrons. The molecule has 2 aromatic rings. The third kappa shape index (κ3) is 6.15. The molecule has 2 N–H and O–H groups in total. The van der Waals surface area contributed by atoms with Crippen molar-refractivity contribution in [2.45, 2.75) is 69.8 Å². The number of aromatic nitrogens is 2. The van der Waals surface area contributed by atoms with Crippen LogP contribution < -0.4 is 10.1 Å². The molecular weight excluding hydrogens is 498 g/mol. The van der Waals surface area contributed by atoms with Crippen molar-refractivity contribution in [1.29, 1.82) is 0 Å². The van der Waals surface area contributed by atoms with Crippen molar-refractivity contribution in [3.05, 3.63) is 24.3 Å². The first-order valence-electron chi connectivity index (χ1n) is 14.3. The number of nitrogens with zero attached hydrogens (tertiary/aromatic N) is 6. The van der Waals surface area contributed by atoms with E-state index in [0.29, 0.717) is 44.1 Å². The molecule has 3 saturated heterocycles. The van der Waals surface area contributed by atoms with Crippen molar-refractivity contribution in [2.24, 2.45) is 0 Å². The van der Waals surface area contributed by atoms with Crippen LogP contribution >= 0.6 is 0 Å². The fraction of sp³-hybridized carbons (Fsp3) is 0.679. The van der Waals surface area contributed by atoms with Crippen molar-refractivity contribution in [3.8, 4) is 5.88 Å². The van der Waals surface area contributed by atoms with Crippen LogP contribution in [-0.4, -0.2) is 124 Å². The second-order valence-electron chi connectivity index (χ2n) is 11.8. The number of ether oxygens (including phenoxy) is 1. The molecule has 1 aromatic carbocycles. The first kappa shape index (κ1) is 27.7. The molecule has 3 fully saturated rings. The second kappa shape index (κ2) is 11.7. The van der Waals surface area contributed by atoms with Gasteiger partial charge in [0.05, 0.1) is 17.0 Å². The number of rotatable bonds is 7. The quantitative estimate of drug-likeness (QED) is 0.554. The minimum atomic E-state index is -0.459. The van der Waals surface area contributed by atoms with Crippen molar-refractivity contribution in [1.82, 2.24) is 34.7 Å². The van der Waals surface area contributed by atoms with Gasteiger partial charge >= 0.3 is 12.1 Å². The number of β-amino-alcohol motifs (C(OH)–C–C–N with tert-alkyl or cyclic N) is 1. The summed E-state index contributed by atoms with van der Waals surface area (Å²) in [6.07, 6.45) is 2.97. The van der Waals surface area contributed by atoms with Crippen LogP contribution in [0.2, 0.25) is 0 Å². The predicted molar refractivity (Wildman–Crippen MR) is 149 cm³/mol. The van der Waals surface area contributed by atoms with Gasteiger partial charge < -0.3 is 25.0 Å². The van der Waals surface area contributed by atoms with Gasteiger partial charge in [-0.15, -0.1) is 5.10 Å². The maximum atomic E-state index is 12.9. The summed E-state index contributed by atoms with van der Waals surface area (Å²) in [5, 5.41) is 19.4. The van der Waals surface area contributed by atoms with E-state index in [2.05, 4.69) is 34.1 Å². The average molecular weight is 542 g/mol. The molecule has 11 heteroatoms. The third-order valence-electron chi connectivity index (χ3n) is 8.38. The number of nitrogens with one attached hydrogen (secondary N) is 1. The van der Waals surface area contributed by atoms with Crippen LogP contribution in [-0.2, 0) is 0 Å².